The average molecular weight is 908 g/mol. The summed E-state index contributed by atoms with van der Waals surface area (Å²) >= 11 is 0. The number of ether oxygens (including phenoxy) is 1. The minimum Gasteiger partial charge on any atom is -0.458 e. The molecule has 0 amide bonds. The summed E-state index contributed by atoms with van der Waals surface area (Å²) < 4.78 is 10.1. The number of hydrogen-bond donors (Lipinski definition) is 0. The summed E-state index contributed by atoms with van der Waals surface area (Å²) in [5.41, 5.74) is 29.2. The van der Waals surface area contributed by atoms with E-state index >= 15 is 0 Å². The van der Waals surface area contributed by atoms with Gasteiger partial charge in [0.1, 0.15) is 11.5 Å². The highest BCUT2D eigenvalue weighted by atomic mass is 16.5. The molecule has 4 aliphatic heterocycles. The van der Waals surface area contributed by atoms with E-state index in [-0.39, 0.29) is 13.4 Å². The molecule has 15 rings (SSSR count). The van der Waals surface area contributed by atoms with Gasteiger partial charge in [-0.05, 0) is 162 Å². The summed E-state index contributed by atoms with van der Waals surface area (Å²) in [4.78, 5) is 5.05. The summed E-state index contributed by atoms with van der Waals surface area (Å²) in [6.07, 6.45) is 0. The quantitative estimate of drug-likeness (QED) is 0.164. The standard InChI is InChI=1S/C65H47B2N3O/c1-38-16-22-47(23-17-38)68-56-27-21-41(4)30-51(56)66-52-36-53-61(37-57(52)69(48-24-18-39(2)19-25-48)59-33-45(32-58(68)63(59)66)43-12-8-6-9-13-43)71-62-35-46(44-14-10-7-11-15-44)34-60-64(62)67(53)54-31-42(5)29-50-49-28-40(3)20-26-55(49)70(60)65(50)54/h6-37H,1-5H3. The van der Waals surface area contributed by atoms with Crippen LogP contribution in [0.5, 0.6) is 11.5 Å². The van der Waals surface area contributed by atoms with E-state index in [2.05, 4.69) is 243 Å². The first-order valence-electron chi connectivity index (χ1n) is 25.0. The van der Waals surface area contributed by atoms with Gasteiger partial charge in [-0.25, -0.2) is 0 Å². The molecule has 0 saturated carbocycles. The molecule has 0 spiro atoms. The molecule has 71 heavy (non-hydrogen) atoms. The second-order valence-electron chi connectivity index (χ2n) is 20.5. The normalized spacial score (nSPS) is 13.4. The molecule has 0 N–H and O–H groups in total. The lowest BCUT2D eigenvalue weighted by Crippen LogP contribution is -2.64. The lowest BCUT2D eigenvalue weighted by Gasteiger charge is -2.45. The Morgan fingerprint density at radius 2 is 0.873 bits per heavy atom. The van der Waals surface area contributed by atoms with Crippen molar-refractivity contribution in [3.05, 3.63) is 222 Å². The first kappa shape index (κ1) is 40.4. The number of nitrogens with zero attached hydrogens (tertiary/aromatic N) is 3. The van der Waals surface area contributed by atoms with Crippen molar-refractivity contribution in [2.24, 2.45) is 0 Å². The number of fused-ring (bicyclic) bond motifs is 11. The Hall–Kier alpha value is -8.47. The fourth-order valence-electron chi connectivity index (χ4n) is 12.7. The van der Waals surface area contributed by atoms with Crippen LogP contribution in [0.1, 0.15) is 27.8 Å². The van der Waals surface area contributed by atoms with Crippen molar-refractivity contribution in [2.75, 3.05) is 9.80 Å². The van der Waals surface area contributed by atoms with E-state index in [1.165, 1.54) is 122 Å². The molecule has 0 saturated heterocycles. The van der Waals surface area contributed by atoms with Crippen molar-refractivity contribution in [2.45, 2.75) is 34.6 Å². The van der Waals surface area contributed by atoms with Crippen LogP contribution in [0.4, 0.5) is 34.1 Å². The second-order valence-corrected chi connectivity index (χ2v) is 20.5. The molecule has 1 aromatic heterocycles. The fraction of sp³-hybridized carbons (Fsp3) is 0.0769. The summed E-state index contributed by atoms with van der Waals surface area (Å²) in [5, 5.41) is 2.59. The van der Waals surface area contributed by atoms with Gasteiger partial charge in [-0.2, -0.15) is 0 Å². The topological polar surface area (TPSA) is 20.6 Å². The van der Waals surface area contributed by atoms with Crippen molar-refractivity contribution < 1.29 is 4.74 Å². The average Bonchev–Trinajstić information content (AvgIpc) is 3.71. The monoisotopic (exact) mass is 907 g/mol. The maximum atomic E-state index is 7.52. The first-order valence-corrected chi connectivity index (χ1v) is 25.0. The first-order chi connectivity index (χ1) is 34.7. The van der Waals surface area contributed by atoms with E-state index < -0.39 is 0 Å². The molecule has 11 aromatic rings. The van der Waals surface area contributed by atoms with E-state index in [4.69, 9.17) is 4.74 Å². The van der Waals surface area contributed by atoms with Crippen LogP contribution >= 0.6 is 0 Å². The van der Waals surface area contributed by atoms with Crippen molar-refractivity contribution in [3.8, 4) is 39.4 Å². The van der Waals surface area contributed by atoms with E-state index in [9.17, 15) is 0 Å². The molecule has 0 atom stereocenters. The molecule has 0 fully saturated rings. The van der Waals surface area contributed by atoms with Gasteiger partial charge >= 0.3 is 0 Å². The molecular weight excluding hydrogens is 860 g/mol. The Morgan fingerprint density at radius 3 is 1.55 bits per heavy atom. The van der Waals surface area contributed by atoms with Crippen LogP contribution < -0.4 is 47.3 Å². The Balaban J connectivity index is 1.06. The van der Waals surface area contributed by atoms with Gasteiger partial charge in [0.05, 0.1) is 5.52 Å². The fourth-order valence-corrected chi connectivity index (χ4v) is 12.7. The van der Waals surface area contributed by atoms with Crippen molar-refractivity contribution >= 4 is 102 Å². The van der Waals surface area contributed by atoms with E-state index in [0.717, 1.165) is 34.1 Å². The molecule has 10 aromatic carbocycles. The molecule has 334 valence electrons. The highest BCUT2D eigenvalue weighted by Gasteiger charge is 2.47. The predicted molar refractivity (Wildman–Crippen MR) is 301 cm³/mol. The summed E-state index contributed by atoms with van der Waals surface area (Å²) in [6, 6.07) is 73.2. The number of rotatable bonds is 4. The number of anilines is 6. The van der Waals surface area contributed by atoms with Gasteiger partial charge in [-0.15, -0.1) is 0 Å². The zero-order valence-electron chi connectivity index (χ0n) is 40.4. The van der Waals surface area contributed by atoms with E-state index in [1.54, 1.807) is 0 Å². The van der Waals surface area contributed by atoms with Gasteiger partial charge < -0.3 is 19.1 Å². The second kappa shape index (κ2) is 14.8. The zero-order chi connectivity index (χ0) is 47.4. The Kier molecular flexibility index (Phi) is 8.41. The maximum absolute atomic E-state index is 7.52. The molecule has 0 unspecified atom stereocenters. The highest BCUT2D eigenvalue weighted by Crippen LogP contribution is 2.48. The third kappa shape index (κ3) is 5.82. The summed E-state index contributed by atoms with van der Waals surface area (Å²) in [7, 11) is 0. The number of aryl methyl sites for hydroxylation is 5. The SMILES string of the molecule is Cc1ccc(N2c3ccc(C)cc3B3c4cc5c(cc4N(c4ccc(C)cc4)c4cc(-c6ccccc6)cc2c43)Oc2cc(-c3ccccc3)cc3c2B5c2cc(C)cc4c5cc(C)ccc5n-3c24)cc1. The largest absolute Gasteiger partial charge is 0.458 e. The van der Waals surface area contributed by atoms with Gasteiger partial charge in [-0.1, -0.05) is 143 Å². The van der Waals surface area contributed by atoms with Crippen LogP contribution in [0.25, 0.3) is 49.7 Å². The van der Waals surface area contributed by atoms with Crippen LogP contribution in [0.15, 0.2) is 194 Å². The lowest BCUT2D eigenvalue weighted by atomic mass is 9.30. The molecule has 4 nitrogen and oxygen atoms in total. The van der Waals surface area contributed by atoms with E-state index in [1.807, 2.05) is 0 Å². The smallest absolute Gasteiger partial charge is 0.256 e. The number of benzene rings is 10. The van der Waals surface area contributed by atoms with E-state index in [0.29, 0.717) is 0 Å². The minimum absolute atomic E-state index is 0.0692. The third-order valence-electron chi connectivity index (χ3n) is 15.8. The Bertz CT molecular complexity index is 4090. The van der Waals surface area contributed by atoms with Crippen molar-refractivity contribution in [3.63, 3.8) is 0 Å². The highest BCUT2D eigenvalue weighted by molar-refractivity contribution is 7.02. The molecule has 5 heterocycles. The van der Waals surface area contributed by atoms with Crippen LogP contribution in [-0.4, -0.2) is 18.0 Å². The molecular formula is C65H47B2N3O. The van der Waals surface area contributed by atoms with Crippen LogP contribution in [-0.2, 0) is 0 Å². The molecule has 0 aliphatic carbocycles. The Morgan fingerprint density at radius 1 is 0.338 bits per heavy atom. The summed E-state index contributed by atoms with van der Waals surface area (Å²) in [6.45, 7) is 10.9. The molecule has 0 bridgehead atoms. The van der Waals surface area contributed by atoms with Gasteiger partial charge in [0.2, 0.25) is 0 Å². The lowest BCUT2D eigenvalue weighted by molar-refractivity contribution is 0.487. The van der Waals surface area contributed by atoms with Gasteiger partial charge in [0, 0.05) is 62.2 Å². The third-order valence-corrected chi connectivity index (χ3v) is 15.8. The number of aromatic nitrogens is 1. The molecule has 4 aliphatic rings. The van der Waals surface area contributed by atoms with Crippen LogP contribution in [0.2, 0.25) is 0 Å². The summed E-state index contributed by atoms with van der Waals surface area (Å²) in [5.74, 6) is 1.81. The zero-order valence-corrected chi connectivity index (χ0v) is 40.4. The van der Waals surface area contributed by atoms with Crippen molar-refractivity contribution in [1.29, 1.82) is 0 Å². The maximum Gasteiger partial charge on any atom is 0.256 e. The number of hydrogen-bond acceptors (Lipinski definition) is 3. The molecule has 0 radical (unpaired) electrons. The van der Waals surface area contributed by atoms with Crippen LogP contribution in [0, 0.1) is 34.6 Å². The van der Waals surface area contributed by atoms with Crippen molar-refractivity contribution in [1.82, 2.24) is 4.57 Å². The minimum atomic E-state index is -0.0713. The van der Waals surface area contributed by atoms with Crippen LogP contribution in [0.3, 0.4) is 0 Å². The van der Waals surface area contributed by atoms with Gasteiger partial charge in [0.15, 0.2) is 0 Å². The Labute approximate surface area is 415 Å². The predicted octanol–water partition coefficient (Wildman–Crippen LogP) is 12.7. The van der Waals surface area contributed by atoms with Gasteiger partial charge in [0.25, 0.3) is 13.4 Å². The van der Waals surface area contributed by atoms with Gasteiger partial charge in [-0.3, -0.25) is 0 Å². The molecule has 6 heteroatoms.